The number of hydrogen-bond donors (Lipinski definition) is 1. The van der Waals surface area contributed by atoms with Gasteiger partial charge < -0.3 is 9.64 Å². The largest absolute Gasteiger partial charge is 0.368 e. The number of likely N-dealkylation sites (tertiary alicyclic amines) is 1. The van der Waals surface area contributed by atoms with E-state index in [0.717, 1.165) is 36.0 Å². The van der Waals surface area contributed by atoms with Gasteiger partial charge in [-0.3, -0.25) is 4.79 Å². The number of hydrogen-bond acceptors (Lipinski definition) is 4. The predicted molar refractivity (Wildman–Crippen MR) is 123 cm³/mol. The summed E-state index contributed by atoms with van der Waals surface area (Å²) in [4.78, 5) is 15.2. The van der Waals surface area contributed by atoms with Gasteiger partial charge in [0.1, 0.15) is 6.10 Å². The summed E-state index contributed by atoms with van der Waals surface area (Å²) < 4.78 is 30.3. The summed E-state index contributed by atoms with van der Waals surface area (Å²) in [5.41, 5.74) is 3.18. The fourth-order valence-electron chi connectivity index (χ4n) is 5.67. The van der Waals surface area contributed by atoms with Crippen LogP contribution in [0.5, 0.6) is 0 Å². The molecule has 1 spiro atoms. The molecule has 3 aliphatic rings. The summed E-state index contributed by atoms with van der Waals surface area (Å²) >= 11 is 0. The zero-order valence-corrected chi connectivity index (χ0v) is 19.1. The lowest BCUT2D eigenvalue weighted by atomic mass is 9.82. The van der Waals surface area contributed by atoms with Crippen molar-refractivity contribution in [1.82, 2.24) is 4.90 Å². The van der Waals surface area contributed by atoms with Crippen molar-refractivity contribution in [3.05, 3.63) is 60.2 Å². The molecule has 1 unspecified atom stereocenters. The maximum Gasteiger partial charge on any atom is 0.252 e. The van der Waals surface area contributed by atoms with Gasteiger partial charge in [0, 0.05) is 24.9 Å². The van der Waals surface area contributed by atoms with Gasteiger partial charge in [-0.25, -0.2) is 13.6 Å². The van der Waals surface area contributed by atoms with Crippen LogP contribution in [0.2, 0.25) is 0 Å². The van der Waals surface area contributed by atoms with E-state index in [9.17, 15) is 13.2 Å². The molecule has 6 nitrogen and oxygen atoms in total. The SMILES string of the molecule is CC([C@@H]1[C@H](Cc2cccc(-c3ccccc3)c2)N(C(=O)[C@H]2CCO2)CC12CC2)S(N)(=O)=O. The summed E-state index contributed by atoms with van der Waals surface area (Å²) in [5.74, 6) is -0.183. The molecule has 5 rings (SSSR count). The Hall–Kier alpha value is -2.22. The minimum absolute atomic E-state index is 0.00383. The lowest BCUT2D eigenvalue weighted by molar-refractivity contribution is -0.157. The molecule has 2 aliphatic heterocycles. The number of carbonyl (C=O) groups excluding carboxylic acids is 1. The Labute approximate surface area is 189 Å². The van der Waals surface area contributed by atoms with Crippen LogP contribution in [0.25, 0.3) is 11.1 Å². The van der Waals surface area contributed by atoms with Crippen molar-refractivity contribution in [2.24, 2.45) is 16.5 Å². The van der Waals surface area contributed by atoms with E-state index in [4.69, 9.17) is 9.88 Å². The van der Waals surface area contributed by atoms with Crippen LogP contribution in [0.1, 0.15) is 31.7 Å². The number of carbonyl (C=O) groups is 1. The minimum Gasteiger partial charge on any atom is -0.368 e. The van der Waals surface area contributed by atoms with E-state index in [1.54, 1.807) is 6.92 Å². The first-order valence-corrected chi connectivity index (χ1v) is 13.0. The Balaban J connectivity index is 1.49. The van der Waals surface area contributed by atoms with Gasteiger partial charge in [0.15, 0.2) is 0 Å². The maximum atomic E-state index is 13.3. The quantitative estimate of drug-likeness (QED) is 0.727. The predicted octanol–water partition coefficient (Wildman–Crippen LogP) is 2.97. The molecule has 2 aromatic carbocycles. The van der Waals surface area contributed by atoms with Crippen molar-refractivity contribution < 1.29 is 17.9 Å². The number of amides is 1. The maximum absolute atomic E-state index is 13.3. The lowest BCUT2D eigenvalue weighted by Gasteiger charge is -2.35. The number of benzene rings is 2. The van der Waals surface area contributed by atoms with Crippen LogP contribution in [-0.2, 0) is 26.0 Å². The van der Waals surface area contributed by atoms with Gasteiger partial charge in [0.2, 0.25) is 10.0 Å². The fourth-order valence-corrected chi connectivity index (χ4v) is 6.55. The van der Waals surface area contributed by atoms with Gasteiger partial charge in [-0.1, -0.05) is 54.6 Å². The van der Waals surface area contributed by atoms with E-state index < -0.39 is 21.4 Å². The van der Waals surface area contributed by atoms with E-state index in [2.05, 4.69) is 30.3 Å². The van der Waals surface area contributed by atoms with E-state index in [1.807, 2.05) is 29.2 Å². The third kappa shape index (κ3) is 3.87. The number of ether oxygens (including phenoxy) is 1. The Morgan fingerprint density at radius 3 is 2.44 bits per heavy atom. The van der Waals surface area contributed by atoms with Crippen LogP contribution in [-0.4, -0.2) is 49.8 Å². The second kappa shape index (κ2) is 7.97. The molecule has 7 heteroatoms. The molecule has 1 aliphatic carbocycles. The van der Waals surface area contributed by atoms with Crippen LogP contribution in [0.15, 0.2) is 54.6 Å². The number of rotatable bonds is 6. The van der Waals surface area contributed by atoms with E-state index in [0.29, 0.717) is 19.6 Å². The second-order valence-corrected chi connectivity index (χ2v) is 11.6. The Morgan fingerprint density at radius 2 is 1.84 bits per heavy atom. The van der Waals surface area contributed by atoms with Crippen molar-refractivity contribution in [2.45, 2.75) is 50.0 Å². The highest BCUT2D eigenvalue weighted by atomic mass is 32.2. The fraction of sp³-hybridized carbons (Fsp3) is 0.480. The Kier molecular flexibility index (Phi) is 5.39. The van der Waals surface area contributed by atoms with Crippen LogP contribution in [0, 0.1) is 11.3 Å². The smallest absolute Gasteiger partial charge is 0.252 e. The second-order valence-electron chi connectivity index (χ2n) is 9.63. The van der Waals surface area contributed by atoms with Crippen LogP contribution >= 0.6 is 0 Å². The molecule has 1 amide bonds. The molecular weight excluding hydrogens is 424 g/mol. The lowest BCUT2D eigenvalue weighted by Crippen LogP contribution is -2.50. The van der Waals surface area contributed by atoms with E-state index in [-0.39, 0.29) is 23.3 Å². The first-order chi connectivity index (χ1) is 15.3. The van der Waals surface area contributed by atoms with Gasteiger partial charge in [-0.2, -0.15) is 0 Å². The summed E-state index contributed by atoms with van der Waals surface area (Å²) in [6.45, 7) is 2.91. The molecule has 2 aromatic rings. The summed E-state index contributed by atoms with van der Waals surface area (Å²) in [6, 6.07) is 18.3. The monoisotopic (exact) mass is 454 g/mol. The third-order valence-corrected chi connectivity index (χ3v) is 8.99. The molecule has 0 radical (unpaired) electrons. The van der Waals surface area contributed by atoms with Crippen molar-refractivity contribution in [3.8, 4) is 11.1 Å². The molecule has 170 valence electrons. The molecule has 0 bridgehead atoms. The molecule has 32 heavy (non-hydrogen) atoms. The van der Waals surface area contributed by atoms with Crippen molar-refractivity contribution >= 4 is 15.9 Å². The van der Waals surface area contributed by atoms with Crippen LogP contribution in [0.4, 0.5) is 0 Å². The number of nitrogens with zero attached hydrogens (tertiary/aromatic N) is 1. The van der Waals surface area contributed by atoms with Gasteiger partial charge >= 0.3 is 0 Å². The molecule has 2 heterocycles. The van der Waals surface area contributed by atoms with Gasteiger partial charge in [0.05, 0.1) is 11.9 Å². The number of sulfonamides is 1. The van der Waals surface area contributed by atoms with Crippen molar-refractivity contribution in [3.63, 3.8) is 0 Å². The summed E-state index contributed by atoms with van der Waals surface area (Å²) in [5, 5.41) is 4.92. The summed E-state index contributed by atoms with van der Waals surface area (Å²) in [7, 11) is -3.72. The topological polar surface area (TPSA) is 89.7 Å². The van der Waals surface area contributed by atoms with Crippen LogP contribution < -0.4 is 5.14 Å². The number of primary sulfonamides is 1. The molecule has 0 aromatic heterocycles. The first-order valence-electron chi connectivity index (χ1n) is 11.4. The van der Waals surface area contributed by atoms with E-state index in [1.165, 1.54) is 0 Å². The standard InChI is InChI=1S/C25H30N2O4S/c1-17(32(26,29)30)23-21(27(16-25(23)11-12-25)24(28)22-10-13-31-22)15-18-6-5-9-20(14-18)19-7-3-2-4-8-19/h2-9,14,17,21-23H,10-13,15-16H2,1H3,(H2,26,29,30)/t17?,21-,22+,23+/m0/s1. The van der Waals surface area contributed by atoms with Gasteiger partial charge in [-0.05, 0) is 48.3 Å². The van der Waals surface area contributed by atoms with Crippen molar-refractivity contribution in [1.29, 1.82) is 0 Å². The molecule has 2 saturated heterocycles. The average molecular weight is 455 g/mol. The van der Waals surface area contributed by atoms with Crippen LogP contribution in [0.3, 0.4) is 0 Å². The molecular formula is C25H30N2O4S. The van der Waals surface area contributed by atoms with Gasteiger partial charge in [-0.15, -0.1) is 0 Å². The van der Waals surface area contributed by atoms with E-state index >= 15 is 0 Å². The Bertz CT molecular complexity index is 1110. The average Bonchev–Trinajstić information content (AvgIpc) is 3.43. The zero-order valence-electron chi connectivity index (χ0n) is 18.3. The number of nitrogens with two attached hydrogens (primary N) is 1. The van der Waals surface area contributed by atoms with Crippen molar-refractivity contribution in [2.75, 3.05) is 13.2 Å². The third-order valence-electron chi connectivity index (χ3n) is 7.66. The Morgan fingerprint density at radius 1 is 1.16 bits per heavy atom. The normalized spacial score (nSPS) is 27.2. The highest BCUT2D eigenvalue weighted by Crippen LogP contribution is 2.60. The molecule has 1 saturated carbocycles. The zero-order chi connectivity index (χ0) is 22.5. The highest BCUT2D eigenvalue weighted by Gasteiger charge is 2.63. The molecule has 2 N–H and O–H groups in total. The molecule has 3 fully saturated rings. The first kappa shape index (κ1) is 21.6. The summed E-state index contributed by atoms with van der Waals surface area (Å²) in [6.07, 6.45) is 2.81. The minimum atomic E-state index is -3.72. The van der Waals surface area contributed by atoms with Gasteiger partial charge in [0.25, 0.3) is 5.91 Å². The highest BCUT2D eigenvalue weighted by molar-refractivity contribution is 7.89. The molecule has 4 atom stereocenters.